The average Bonchev–Trinajstić information content (AvgIpc) is 2.41. The highest BCUT2D eigenvalue weighted by Crippen LogP contribution is 2.06. The van der Waals surface area contributed by atoms with Gasteiger partial charge in [-0.1, -0.05) is 42.4 Å². The molecule has 0 radical (unpaired) electrons. The summed E-state index contributed by atoms with van der Waals surface area (Å²) in [7, 11) is -0.111. The van der Waals surface area contributed by atoms with Gasteiger partial charge < -0.3 is 9.31 Å². The van der Waals surface area contributed by atoms with Crippen LogP contribution in [0, 0.1) is 0 Å². The van der Waals surface area contributed by atoms with Crippen LogP contribution in [-0.4, -0.2) is 20.3 Å². The number of unbranched alkanes of at least 4 members (excludes halogenated alkanes) is 1. The standard InChI is InChI=1S/C14H19BO2/c1-3-8-14(9-4-1)10-5-2-6-11-15-16-12-7-13-17-15/h1,3-4,6,8-9,11H,2,5,7,10,12-13H2/b11-6+. The molecule has 0 aliphatic carbocycles. The largest absolute Gasteiger partial charge is 0.485 e. The summed E-state index contributed by atoms with van der Waals surface area (Å²) in [4.78, 5) is 0. The Bertz CT molecular complexity index is 331. The summed E-state index contributed by atoms with van der Waals surface area (Å²) >= 11 is 0. The van der Waals surface area contributed by atoms with E-state index in [2.05, 4.69) is 36.4 Å². The molecule has 2 nitrogen and oxygen atoms in total. The number of hydrogen-bond donors (Lipinski definition) is 0. The molecular weight excluding hydrogens is 211 g/mol. The van der Waals surface area contributed by atoms with Gasteiger partial charge in [-0.15, -0.1) is 0 Å². The quantitative estimate of drug-likeness (QED) is 0.571. The van der Waals surface area contributed by atoms with Crippen molar-refractivity contribution in [3.8, 4) is 0 Å². The van der Waals surface area contributed by atoms with E-state index in [0.29, 0.717) is 0 Å². The smallest absolute Gasteiger partial charge is 0.408 e. The Kier molecular flexibility index (Phi) is 5.33. The molecule has 0 unspecified atom stereocenters. The van der Waals surface area contributed by atoms with Gasteiger partial charge in [-0.3, -0.25) is 0 Å². The second kappa shape index (κ2) is 7.31. The normalized spacial score (nSPS) is 16.6. The number of allylic oxidation sites excluding steroid dienone is 1. The van der Waals surface area contributed by atoms with Gasteiger partial charge in [-0.05, 0) is 31.2 Å². The lowest BCUT2D eigenvalue weighted by Gasteiger charge is -2.16. The van der Waals surface area contributed by atoms with Crippen molar-refractivity contribution in [3.63, 3.8) is 0 Å². The van der Waals surface area contributed by atoms with Gasteiger partial charge >= 0.3 is 7.12 Å². The van der Waals surface area contributed by atoms with Crippen molar-refractivity contribution >= 4 is 7.12 Å². The molecule has 0 spiro atoms. The highest BCUT2D eigenvalue weighted by atomic mass is 16.6. The number of aryl methyl sites for hydroxylation is 1. The van der Waals surface area contributed by atoms with Gasteiger partial charge in [0.2, 0.25) is 0 Å². The molecule has 1 aliphatic heterocycles. The van der Waals surface area contributed by atoms with Crippen molar-refractivity contribution in [3.05, 3.63) is 47.9 Å². The van der Waals surface area contributed by atoms with Crippen molar-refractivity contribution in [2.24, 2.45) is 0 Å². The molecule has 1 saturated heterocycles. The Morgan fingerprint density at radius 1 is 1.12 bits per heavy atom. The minimum atomic E-state index is -0.111. The summed E-state index contributed by atoms with van der Waals surface area (Å²) in [6.07, 6.45) is 6.57. The maximum atomic E-state index is 5.43. The molecule has 0 saturated carbocycles. The van der Waals surface area contributed by atoms with E-state index in [4.69, 9.17) is 9.31 Å². The summed E-state index contributed by atoms with van der Waals surface area (Å²) in [6, 6.07) is 10.6. The zero-order valence-electron chi connectivity index (χ0n) is 10.2. The Balaban J connectivity index is 1.61. The van der Waals surface area contributed by atoms with Gasteiger partial charge in [-0.2, -0.15) is 0 Å². The fourth-order valence-corrected chi connectivity index (χ4v) is 1.89. The maximum absolute atomic E-state index is 5.43. The Hall–Kier alpha value is -1.06. The van der Waals surface area contributed by atoms with Crippen LogP contribution in [0.4, 0.5) is 0 Å². The molecule has 1 fully saturated rings. The van der Waals surface area contributed by atoms with E-state index in [1.165, 1.54) is 12.0 Å². The lowest BCUT2D eigenvalue weighted by Crippen LogP contribution is -2.27. The summed E-state index contributed by atoms with van der Waals surface area (Å²) in [6.45, 7) is 1.64. The molecule has 90 valence electrons. The summed E-state index contributed by atoms with van der Waals surface area (Å²) < 4.78 is 10.9. The van der Waals surface area contributed by atoms with E-state index >= 15 is 0 Å². The van der Waals surface area contributed by atoms with Crippen LogP contribution < -0.4 is 0 Å². The van der Waals surface area contributed by atoms with Crippen LogP contribution in [0.1, 0.15) is 24.8 Å². The van der Waals surface area contributed by atoms with Gasteiger partial charge in [0, 0.05) is 13.2 Å². The monoisotopic (exact) mass is 230 g/mol. The Labute approximate surface area is 104 Å². The van der Waals surface area contributed by atoms with E-state index in [1.807, 2.05) is 5.98 Å². The molecule has 1 aromatic carbocycles. The second-order valence-electron chi connectivity index (χ2n) is 4.27. The van der Waals surface area contributed by atoms with Crippen LogP contribution in [0.5, 0.6) is 0 Å². The lowest BCUT2D eigenvalue weighted by atomic mass is 9.88. The summed E-state index contributed by atoms with van der Waals surface area (Å²) in [5.41, 5.74) is 1.41. The van der Waals surface area contributed by atoms with Gasteiger partial charge in [0.25, 0.3) is 0 Å². The average molecular weight is 230 g/mol. The Morgan fingerprint density at radius 2 is 1.88 bits per heavy atom. The second-order valence-corrected chi connectivity index (χ2v) is 4.27. The van der Waals surface area contributed by atoms with Gasteiger partial charge in [0.1, 0.15) is 0 Å². The molecule has 0 aromatic heterocycles. The first-order valence-electron chi connectivity index (χ1n) is 6.39. The zero-order chi connectivity index (χ0) is 11.8. The maximum Gasteiger partial charge on any atom is 0.485 e. The van der Waals surface area contributed by atoms with Crippen LogP contribution in [0.15, 0.2) is 42.4 Å². The number of rotatable bonds is 5. The van der Waals surface area contributed by atoms with Crippen LogP contribution in [-0.2, 0) is 15.7 Å². The van der Waals surface area contributed by atoms with Crippen molar-refractivity contribution in [2.45, 2.75) is 25.7 Å². The third-order valence-electron chi connectivity index (χ3n) is 2.83. The molecule has 0 amide bonds. The SMILES string of the molecule is C(=C\B1OCCCO1)/CCCc1ccccc1. The van der Waals surface area contributed by atoms with Crippen molar-refractivity contribution in [2.75, 3.05) is 13.2 Å². The third kappa shape index (κ3) is 4.76. The predicted octanol–water partition coefficient (Wildman–Crippen LogP) is 3.03. The molecule has 1 aliphatic rings. The minimum absolute atomic E-state index is 0.111. The predicted molar refractivity (Wildman–Crippen MR) is 70.8 cm³/mol. The zero-order valence-corrected chi connectivity index (χ0v) is 10.2. The fourth-order valence-electron chi connectivity index (χ4n) is 1.89. The molecule has 0 N–H and O–H groups in total. The fraction of sp³-hybridized carbons (Fsp3) is 0.429. The highest BCUT2D eigenvalue weighted by Gasteiger charge is 2.17. The van der Waals surface area contributed by atoms with E-state index < -0.39 is 0 Å². The van der Waals surface area contributed by atoms with E-state index in [0.717, 1.165) is 32.5 Å². The van der Waals surface area contributed by atoms with Crippen molar-refractivity contribution in [1.82, 2.24) is 0 Å². The minimum Gasteiger partial charge on any atom is -0.408 e. The van der Waals surface area contributed by atoms with Crippen molar-refractivity contribution < 1.29 is 9.31 Å². The van der Waals surface area contributed by atoms with E-state index in [9.17, 15) is 0 Å². The Morgan fingerprint density at radius 3 is 2.65 bits per heavy atom. The molecule has 1 heterocycles. The number of benzene rings is 1. The van der Waals surface area contributed by atoms with Gasteiger partial charge in [0.05, 0.1) is 0 Å². The van der Waals surface area contributed by atoms with Crippen LogP contribution >= 0.6 is 0 Å². The van der Waals surface area contributed by atoms with E-state index in [1.54, 1.807) is 0 Å². The first-order valence-corrected chi connectivity index (χ1v) is 6.39. The molecule has 0 atom stereocenters. The van der Waals surface area contributed by atoms with Crippen molar-refractivity contribution in [1.29, 1.82) is 0 Å². The molecule has 17 heavy (non-hydrogen) atoms. The topological polar surface area (TPSA) is 18.5 Å². The first-order chi connectivity index (χ1) is 8.45. The van der Waals surface area contributed by atoms with Crippen LogP contribution in [0.3, 0.4) is 0 Å². The third-order valence-corrected chi connectivity index (χ3v) is 2.83. The molecule has 1 aromatic rings. The molecular formula is C14H19BO2. The highest BCUT2D eigenvalue weighted by molar-refractivity contribution is 6.50. The first kappa shape index (κ1) is 12.4. The van der Waals surface area contributed by atoms with Gasteiger partial charge in [-0.25, -0.2) is 0 Å². The van der Waals surface area contributed by atoms with Gasteiger partial charge in [0.15, 0.2) is 0 Å². The molecule has 2 rings (SSSR count). The van der Waals surface area contributed by atoms with Crippen LogP contribution in [0.25, 0.3) is 0 Å². The van der Waals surface area contributed by atoms with E-state index in [-0.39, 0.29) is 7.12 Å². The van der Waals surface area contributed by atoms with Crippen LogP contribution in [0.2, 0.25) is 0 Å². The molecule has 3 heteroatoms. The summed E-state index contributed by atoms with van der Waals surface area (Å²) in [5, 5.41) is 0. The lowest BCUT2D eigenvalue weighted by molar-refractivity contribution is 0.142. The number of hydrogen-bond acceptors (Lipinski definition) is 2. The molecule has 0 bridgehead atoms. The summed E-state index contributed by atoms with van der Waals surface area (Å²) in [5.74, 6) is 2.03.